The first kappa shape index (κ1) is 31.9. The second-order valence-electron chi connectivity index (χ2n) is 9.50. The van der Waals surface area contributed by atoms with Gasteiger partial charge in [-0.15, -0.1) is 0 Å². The van der Waals surface area contributed by atoms with Crippen LogP contribution in [-0.4, -0.2) is 50.4 Å². The largest absolute Gasteiger partial charge is 0.494 e. The predicted octanol–water partition coefficient (Wildman–Crippen LogP) is 5.41. The van der Waals surface area contributed by atoms with Crippen molar-refractivity contribution in [2.75, 3.05) is 17.5 Å². The van der Waals surface area contributed by atoms with E-state index in [4.69, 9.17) is 16.3 Å². The Hall–Kier alpha value is -3.63. The lowest BCUT2D eigenvalue weighted by Gasteiger charge is -2.32. The first-order chi connectivity index (χ1) is 19.5. The Labute approximate surface area is 246 Å². The molecule has 2 amide bonds. The van der Waals surface area contributed by atoms with Gasteiger partial charge in [0.25, 0.3) is 10.0 Å². The second kappa shape index (κ2) is 14.3. The molecule has 1 N–H and O–H groups in total. The molecular weight excluding hydrogens is 569 g/mol. The molecule has 8 nitrogen and oxygen atoms in total. The van der Waals surface area contributed by atoms with Crippen LogP contribution in [-0.2, 0) is 26.2 Å². The number of ether oxygens (including phenoxy) is 1. The standard InChI is InChI=1S/C30H35ClFN3O5S/c1-5-21(3)33-30(37)22(4)34(19-23-9-7-8-10-28(23)31)29(36)20-35(25-13-11-24(32)12-14-25)41(38,39)27-17-15-26(16-18-27)40-6-2/h7-18,21-22H,5-6,19-20H2,1-4H3,(H,33,37). The van der Waals surface area contributed by atoms with E-state index in [1.165, 1.54) is 41.3 Å². The molecule has 3 aromatic rings. The van der Waals surface area contributed by atoms with Crippen LogP contribution in [0.4, 0.5) is 10.1 Å². The van der Waals surface area contributed by atoms with Gasteiger partial charge in [-0.2, -0.15) is 0 Å². The fourth-order valence-electron chi connectivity index (χ4n) is 4.00. The van der Waals surface area contributed by atoms with E-state index in [9.17, 15) is 22.4 Å². The van der Waals surface area contributed by atoms with Crippen molar-refractivity contribution in [1.29, 1.82) is 0 Å². The number of amides is 2. The van der Waals surface area contributed by atoms with E-state index >= 15 is 0 Å². The van der Waals surface area contributed by atoms with Crippen molar-refractivity contribution >= 4 is 39.1 Å². The van der Waals surface area contributed by atoms with Gasteiger partial charge in [-0.1, -0.05) is 36.7 Å². The number of halogens is 2. The summed E-state index contributed by atoms with van der Waals surface area (Å²) in [6.45, 7) is 6.90. The summed E-state index contributed by atoms with van der Waals surface area (Å²) in [5, 5.41) is 3.28. The van der Waals surface area contributed by atoms with Gasteiger partial charge >= 0.3 is 0 Å². The van der Waals surface area contributed by atoms with E-state index in [2.05, 4.69) is 5.32 Å². The zero-order valence-corrected chi connectivity index (χ0v) is 25.1. The average Bonchev–Trinajstić information content (AvgIpc) is 2.96. The van der Waals surface area contributed by atoms with Crippen molar-refractivity contribution < 1.29 is 27.1 Å². The van der Waals surface area contributed by atoms with Crippen LogP contribution in [0.2, 0.25) is 5.02 Å². The van der Waals surface area contributed by atoms with Gasteiger partial charge in [-0.05, 0) is 87.4 Å². The minimum atomic E-state index is -4.30. The second-order valence-corrected chi connectivity index (χ2v) is 11.8. The maximum Gasteiger partial charge on any atom is 0.264 e. The van der Waals surface area contributed by atoms with E-state index < -0.39 is 34.3 Å². The van der Waals surface area contributed by atoms with Crippen molar-refractivity contribution in [2.24, 2.45) is 0 Å². The summed E-state index contributed by atoms with van der Waals surface area (Å²) in [7, 11) is -4.30. The van der Waals surface area contributed by atoms with Crippen LogP contribution < -0.4 is 14.4 Å². The minimum absolute atomic E-state index is 0.0338. The molecule has 0 heterocycles. The van der Waals surface area contributed by atoms with E-state index in [1.807, 2.05) is 20.8 Å². The van der Waals surface area contributed by atoms with Crippen LogP contribution in [0.25, 0.3) is 0 Å². The van der Waals surface area contributed by atoms with E-state index in [-0.39, 0.29) is 29.1 Å². The highest BCUT2D eigenvalue weighted by atomic mass is 35.5. The van der Waals surface area contributed by atoms with Crippen LogP contribution in [0.5, 0.6) is 5.75 Å². The molecule has 0 aliphatic heterocycles. The first-order valence-corrected chi connectivity index (χ1v) is 15.1. The molecular formula is C30H35ClFN3O5S. The number of carbonyl (C=O) groups is 2. The number of benzene rings is 3. The van der Waals surface area contributed by atoms with Crippen molar-refractivity contribution in [3.63, 3.8) is 0 Å². The van der Waals surface area contributed by atoms with Gasteiger partial charge in [0.15, 0.2) is 0 Å². The molecule has 0 saturated heterocycles. The van der Waals surface area contributed by atoms with E-state index in [0.717, 1.165) is 16.4 Å². The van der Waals surface area contributed by atoms with Crippen LogP contribution in [0.15, 0.2) is 77.7 Å². The van der Waals surface area contributed by atoms with Crippen LogP contribution in [0, 0.1) is 5.82 Å². The predicted molar refractivity (Wildman–Crippen MR) is 158 cm³/mol. The zero-order chi connectivity index (χ0) is 30.2. The highest BCUT2D eigenvalue weighted by Crippen LogP contribution is 2.27. The summed E-state index contributed by atoms with van der Waals surface area (Å²) in [5.41, 5.74) is 0.677. The third-order valence-electron chi connectivity index (χ3n) is 6.58. The fraction of sp³-hybridized carbons (Fsp3) is 0.333. The summed E-state index contributed by atoms with van der Waals surface area (Å²) >= 11 is 6.38. The molecule has 0 radical (unpaired) electrons. The van der Waals surface area contributed by atoms with Crippen molar-refractivity contribution in [2.45, 2.75) is 57.6 Å². The Morgan fingerprint density at radius 3 is 2.20 bits per heavy atom. The third-order valence-corrected chi connectivity index (χ3v) is 8.74. The molecule has 220 valence electrons. The van der Waals surface area contributed by atoms with Gasteiger partial charge in [0, 0.05) is 17.6 Å². The molecule has 0 aliphatic rings. The summed E-state index contributed by atoms with van der Waals surface area (Å²) in [5.74, 6) is -1.10. The lowest BCUT2D eigenvalue weighted by molar-refractivity contribution is -0.139. The molecule has 0 fully saturated rings. The highest BCUT2D eigenvalue weighted by Gasteiger charge is 2.33. The maximum absolute atomic E-state index is 13.9. The highest BCUT2D eigenvalue weighted by molar-refractivity contribution is 7.92. The SMILES string of the molecule is CCOc1ccc(S(=O)(=O)N(CC(=O)N(Cc2ccccc2Cl)C(C)C(=O)NC(C)CC)c2ccc(F)cc2)cc1. The lowest BCUT2D eigenvalue weighted by atomic mass is 10.1. The minimum Gasteiger partial charge on any atom is -0.494 e. The normalized spacial score (nSPS) is 12.7. The number of rotatable bonds is 13. The molecule has 2 unspecified atom stereocenters. The molecule has 0 spiro atoms. The molecule has 3 rings (SSSR count). The summed E-state index contributed by atoms with van der Waals surface area (Å²) in [4.78, 5) is 28.2. The van der Waals surface area contributed by atoms with Crippen molar-refractivity contribution in [3.05, 3.63) is 89.2 Å². The van der Waals surface area contributed by atoms with Crippen molar-refractivity contribution in [1.82, 2.24) is 10.2 Å². The van der Waals surface area contributed by atoms with Crippen LogP contribution in [0.3, 0.4) is 0 Å². The van der Waals surface area contributed by atoms with Gasteiger partial charge in [-0.25, -0.2) is 12.8 Å². The van der Waals surface area contributed by atoms with E-state index in [1.54, 1.807) is 31.2 Å². The number of hydrogen-bond acceptors (Lipinski definition) is 5. The Morgan fingerprint density at radius 2 is 1.61 bits per heavy atom. The van der Waals surface area contributed by atoms with Gasteiger partial charge in [0.2, 0.25) is 11.8 Å². The summed E-state index contributed by atoms with van der Waals surface area (Å²) < 4.78 is 47.8. The Bertz CT molecular complexity index is 1440. The van der Waals surface area contributed by atoms with Gasteiger partial charge < -0.3 is 15.0 Å². The molecule has 41 heavy (non-hydrogen) atoms. The van der Waals surface area contributed by atoms with Gasteiger partial charge in [0.1, 0.15) is 24.2 Å². The van der Waals surface area contributed by atoms with E-state index in [0.29, 0.717) is 29.4 Å². The van der Waals surface area contributed by atoms with Crippen molar-refractivity contribution in [3.8, 4) is 5.75 Å². The number of anilines is 1. The van der Waals surface area contributed by atoms with Crippen LogP contribution in [0.1, 0.15) is 39.7 Å². The molecule has 11 heteroatoms. The molecule has 0 bridgehead atoms. The average molecular weight is 604 g/mol. The molecule has 0 aromatic heterocycles. The number of hydrogen-bond donors (Lipinski definition) is 1. The first-order valence-electron chi connectivity index (χ1n) is 13.3. The fourth-order valence-corrected chi connectivity index (χ4v) is 5.61. The number of carbonyl (C=O) groups excluding carboxylic acids is 2. The molecule has 2 atom stereocenters. The third kappa shape index (κ3) is 8.20. The molecule has 0 aliphatic carbocycles. The lowest BCUT2D eigenvalue weighted by Crippen LogP contribution is -2.52. The Kier molecular flexibility index (Phi) is 11.1. The summed E-state index contributed by atoms with van der Waals surface area (Å²) in [6.07, 6.45) is 0.690. The number of nitrogens with one attached hydrogen (secondary N) is 1. The van der Waals surface area contributed by atoms with Crippen LogP contribution >= 0.6 is 11.6 Å². The molecule has 3 aromatic carbocycles. The number of nitrogens with zero attached hydrogens (tertiary/aromatic N) is 2. The topological polar surface area (TPSA) is 96.0 Å². The summed E-state index contributed by atoms with van der Waals surface area (Å²) in [6, 6.07) is 16.4. The smallest absolute Gasteiger partial charge is 0.264 e. The Balaban J connectivity index is 2.02. The zero-order valence-electron chi connectivity index (χ0n) is 23.5. The Morgan fingerprint density at radius 1 is 0.976 bits per heavy atom. The van der Waals surface area contributed by atoms with Gasteiger partial charge in [-0.3, -0.25) is 13.9 Å². The van der Waals surface area contributed by atoms with Gasteiger partial charge in [0.05, 0.1) is 17.2 Å². The number of sulfonamides is 1. The molecule has 0 saturated carbocycles. The monoisotopic (exact) mass is 603 g/mol. The maximum atomic E-state index is 13.9. The quantitative estimate of drug-likeness (QED) is 0.282.